The third-order valence-corrected chi connectivity index (χ3v) is 3.79. The SMILES string of the molecule is COC(=O)c1ccc(C2CCCCC2)c(Cl)c1. The van der Waals surface area contributed by atoms with Gasteiger partial charge >= 0.3 is 5.97 Å². The van der Waals surface area contributed by atoms with Crippen molar-refractivity contribution in [3.8, 4) is 0 Å². The molecule has 0 spiro atoms. The molecule has 1 saturated carbocycles. The van der Waals surface area contributed by atoms with Gasteiger partial charge < -0.3 is 4.74 Å². The maximum atomic E-state index is 11.4. The summed E-state index contributed by atoms with van der Waals surface area (Å²) in [6.07, 6.45) is 6.29. The van der Waals surface area contributed by atoms with Crippen LogP contribution in [0.5, 0.6) is 0 Å². The largest absolute Gasteiger partial charge is 0.465 e. The number of carbonyl (C=O) groups is 1. The Balaban J connectivity index is 2.21. The van der Waals surface area contributed by atoms with Crippen molar-refractivity contribution in [3.05, 3.63) is 34.3 Å². The third kappa shape index (κ3) is 2.81. The summed E-state index contributed by atoms with van der Waals surface area (Å²) in [4.78, 5) is 11.4. The Morgan fingerprint density at radius 1 is 1.29 bits per heavy atom. The molecule has 0 radical (unpaired) electrons. The summed E-state index contributed by atoms with van der Waals surface area (Å²) in [6, 6.07) is 5.50. The average molecular weight is 253 g/mol. The number of rotatable bonds is 2. The van der Waals surface area contributed by atoms with E-state index in [0.717, 1.165) is 0 Å². The van der Waals surface area contributed by atoms with Crippen molar-refractivity contribution in [3.63, 3.8) is 0 Å². The molecule has 0 saturated heterocycles. The predicted octanol–water partition coefficient (Wildman–Crippen LogP) is 4.17. The highest BCUT2D eigenvalue weighted by Crippen LogP contribution is 2.36. The molecule has 0 atom stereocenters. The van der Waals surface area contributed by atoms with Crippen molar-refractivity contribution in [1.29, 1.82) is 0 Å². The number of benzene rings is 1. The number of hydrogen-bond donors (Lipinski definition) is 0. The molecule has 1 fully saturated rings. The highest BCUT2D eigenvalue weighted by Gasteiger charge is 2.19. The molecular weight excluding hydrogens is 236 g/mol. The number of halogens is 1. The van der Waals surface area contributed by atoms with E-state index in [1.807, 2.05) is 12.1 Å². The Kier molecular flexibility index (Phi) is 4.06. The molecule has 0 aromatic heterocycles. The second kappa shape index (κ2) is 5.54. The fraction of sp³-hybridized carbons (Fsp3) is 0.500. The zero-order chi connectivity index (χ0) is 12.3. The summed E-state index contributed by atoms with van der Waals surface area (Å²) >= 11 is 6.26. The van der Waals surface area contributed by atoms with Crippen LogP contribution in [0.4, 0.5) is 0 Å². The van der Waals surface area contributed by atoms with E-state index in [1.165, 1.54) is 44.8 Å². The molecular formula is C14H17ClO2. The van der Waals surface area contributed by atoms with E-state index in [0.29, 0.717) is 16.5 Å². The zero-order valence-electron chi connectivity index (χ0n) is 10.0. The van der Waals surface area contributed by atoms with Crippen LogP contribution >= 0.6 is 11.6 Å². The summed E-state index contributed by atoms with van der Waals surface area (Å²) < 4.78 is 4.68. The van der Waals surface area contributed by atoms with Crippen LogP contribution < -0.4 is 0 Å². The Morgan fingerprint density at radius 3 is 2.59 bits per heavy atom. The number of carbonyl (C=O) groups excluding carboxylic acids is 1. The van der Waals surface area contributed by atoms with Crippen LogP contribution in [0.3, 0.4) is 0 Å². The van der Waals surface area contributed by atoms with E-state index in [9.17, 15) is 4.79 Å². The van der Waals surface area contributed by atoms with Crippen molar-refractivity contribution in [2.24, 2.45) is 0 Å². The zero-order valence-corrected chi connectivity index (χ0v) is 10.8. The van der Waals surface area contributed by atoms with Gasteiger partial charge in [0, 0.05) is 5.02 Å². The second-order valence-corrected chi connectivity index (χ2v) is 4.97. The van der Waals surface area contributed by atoms with Crippen LogP contribution in [0.15, 0.2) is 18.2 Å². The summed E-state index contributed by atoms with van der Waals surface area (Å²) in [5.41, 5.74) is 1.70. The lowest BCUT2D eigenvalue weighted by Crippen LogP contribution is -2.07. The summed E-state index contributed by atoms with van der Waals surface area (Å²) in [6.45, 7) is 0. The number of hydrogen-bond acceptors (Lipinski definition) is 2. The maximum Gasteiger partial charge on any atom is 0.337 e. The van der Waals surface area contributed by atoms with Gasteiger partial charge in [0.1, 0.15) is 0 Å². The molecule has 2 nitrogen and oxygen atoms in total. The molecule has 1 aromatic carbocycles. The first-order valence-corrected chi connectivity index (χ1v) is 6.48. The minimum Gasteiger partial charge on any atom is -0.465 e. The van der Waals surface area contributed by atoms with E-state index in [1.54, 1.807) is 6.07 Å². The Morgan fingerprint density at radius 2 is 2.00 bits per heavy atom. The van der Waals surface area contributed by atoms with E-state index >= 15 is 0 Å². The minimum atomic E-state index is -0.331. The quantitative estimate of drug-likeness (QED) is 0.739. The molecule has 0 N–H and O–H groups in total. The smallest absolute Gasteiger partial charge is 0.337 e. The highest BCUT2D eigenvalue weighted by atomic mass is 35.5. The van der Waals surface area contributed by atoms with Gasteiger partial charge in [0.05, 0.1) is 12.7 Å². The maximum absolute atomic E-state index is 11.4. The van der Waals surface area contributed by atoms with Crippen LogP contribution in [0, 0.1) is 0 Å². The molecule has 92 valence electrons. The molecule has 1 aliphatic carbocycles. The summed E-state index contributed by atoms with van der Waals surface area (Å²) in [7, 11) is 1.38. The Labute approximate surface area is 107 Å². The molecule has 17 heavy (non-hydrogen) atoms. The minimum absolute atomic E-state index is 0.331. The standard InChI is InChI=1S/C14H17ClO2/c1-17-14(16)11-7-8-12(13(15)9-11)10-5-3-2-4-6-10/h7-10H,2-6H2,1H3. The molecule has 1 aromatic rings. The molecule has 0 unspecified atom stereocenters. The normalized spacial score (nSPS) is 16.8. The lowest BCUT2D eigenvalue weighted by Gasteiger charge is -2.23. The molecule has 0 bridgehead atoms. The van der Waals surface area contributed by atoms with Crippen molar-refractivity contribution in [2.45, 2.75) is 38.0 Å². The monoisotopic (exact) mass is 252 g/mol. The van der Waals surface area contributed by atoms with Gasteiger partial charge in [-0.2, -0.15) is 0 Å². The van der Waals surface area contributed by atoms with Crippen molar-refractivity contribution in [2.75, 3.05) is 7.11 Å². The van der Waals surface area contributed by atoms with Gasteiger partial charge in [-0.1, -0.05) is 36.9 Å². The van der Waals surface area contributed by atoms with Crippen molar-refractivity contribution < 1.29 is 9.53 Å². The Hall–Kier alpha value is -1.02. The average Bonchev–Trinajstić information content (AvgIpc) is 2.38. The fourth-order valence-corrected chi connectivity index (χ4v) is 2.85. The first kappa shape index (κ1) is 12.4. The number of esters is 1. The summed E-state index contributed by atoms with van der Waals surface area (Å²) in [5, 5.41) is 0.694. The van der Waals surface area contributed by atoms with Gasteiger partial charge in [0.2, 0.25) is 0 Å². The van der Waals surface area contributed by atoms with Crippen LogP contribution in [0.25, 0.3) is 0 Å². The van der Waals surface area contributed by atoms with Crippen molar-refractivity contribution in [1.82, 2.24) is 0 Å². The van der Waals surface area contributed by atoms with Crippen LogP contribution in [-0.4, -0.2) is 13.1 Å². The first-order chi connectivity index (χ1) is 8.22. The molecule has 0 amide bonds. The van der Waals surface area contributed by atoms with Gasteiger partial charge in [0.25, 0.3) is 0 Å². The van der Waals surface area contributed by atoms with Gasteiger partial charge in [-0.25, -0.2) is 4.79 Å². The Bertz CT molecular complexity index is 409. The van der Waals surface area contributed by atoms with Crippen LogP contribution in [0.1, 0.15) is 53.9 Å². The first-order valence-electron chi connectivity index (χ1n) is 6.10. The van der Waals surface area contributed by atoms with Gasteiger partial charge in [-0.05, 0) is 36.5 Å². The molecule has 2 rings (SSSR count). The van der Waals surface area contributed by atoms with Gasteiger partial charge in [-0.3, -0.25) is 0 Å². The van der Waals surface area contributed by atoms with Gasteiger partial charge in [0.15, 0.2) is 0 Å². The lowest BCUT2D eigenvalue weighted by molar-refractivity contribution is 0.0600. The van der Waals surface area contributed by atoms with Gasteiger partial charge in [-0.15, -0.1) is 0 Å². The van der Waals surface area contributed by atoms with E-state index < -0.39 is 0 Å². The van der Waals surface area contributed by atoms with Crippen LogP contribution in [0.2, 0.25) is 5.02 Å². The fourth-order valence-electron chi connectivity index (χ4n) is 2.52. The van der Waals surface area contributed by atoms with E-state index in [4.69, 9.17) is 11.6 Å². The molecule has 3 heteroatoms. The third-order valence-electron chi connectivity index (χ3n) is 3.47. The predicted molar refractivity (Wildman–Crippen MR) is 68.6 cm³/mol. The topological polar surface area (TPSA) is 26.3 Å². The second-order valence-electron chi connectivity index (χ2n) is 4.56. The molecule has 1 aliphatic rings. The van der Waals surface area contributed by atoms with Crippen molar-refractivity contribution >= 4 is 17.6 Å². The summed E-state index contributed by atoms with van der Waals surface area (Å²) in [5.74, 6) is 0.227. The van der Waals surface area contributed by atoms with E-state index in [-0.39, 0.29) is 5.97 Å². The van der Waals surface area contributed by atoms with Crippen LogP contribution in [-0.2, 0) is 4.74 Å². The van der Waals surface area contributed by atoms with E-state index in [2.05, 4.69) is 4.74 Å². The highest BCUT2D eigenvalue weighted by molar-refractivity contribution is 6.31. The number of ether oxygens (including phenoxy) is 1. The molecule has 0 aliphatic heterocycles. The molecule has 0 heterocycles. The number of methoxy groups -OCH3 is 1. The lowest BCUT2D eigenvalue weighted by atomic mass is 9.84.